The highest BCUT2D eigenvalue weighted by Gasteiger charge is 2.25. The van der Waals surface area contributed by atoms with Crippen molar-refractivity contribution in [3.63, 3.8) is 0 Å². The molecule has 19 heavy (non-hydrogen) atoms. The molecule has 0 aromatic heterocycles. The van der Waals surface area contributed by atoms with Gasteiger partial charge in [-0.05, 0) is 29.5 Å². The lowest BCUT2D eigenvalue weighted by atomic mass is 9.77. The van der Waals surface area contributed by atoms with Gasteiger partial charge >= 0.3 is 0 Å². The Hall–Kier alpha value is -1.60. The summed E-state index contributed by atoms with van der Waals surface area (Å²) in [6.07, 6.45) is 2.07. The molecule has 0 radical (unpaired) electrons. The maximum absolute atomic E-state index is 6.18. The van der Waals surface area contributed by atoms with E-state index in [0.29, 0.717) is 5.92 Å². The Balaban J connectivity index is 0.000000637. The van der Waals surface area contributed by atoms with Gasteiger partial charge in [0.05, 0.1) is 0 Å². The molecule has 3 rings (SSSR count). The Morgan fingerprint density at radius 1 is 0.895 bits per heavy atom. The normalized spacial score (nSPS) is 21.0. The molecule has 2 aromatic rings. The summed E-state index contributed by atoms with van der Waals surface area (Å²) in [5.41, 5.74) is 10.4. The summed E-state index contributed by atoms with van der Waals surface area (Å²) in [7, 11) is 0. The molecule has 1 nitrogen and oxygen atoms in total. The van der Waals surface area contributed by atoms with Crippen molar-refractivity contribution < 1.29 is 0 Å². The monoisotopic (exact) mass is 253 g/mol. The van der Waals surface area contributed by atoms with Crippen molar-refractivity contribution in [2.45, 2.75) is 38.6 Å². The van der Waals surface area contributed by atoms with E-state index in [1.54, 1.807) is 0 Å². The van der Waals surface area contributed by atoms with Gasteiger partial charge in [-0.1, -0.05) is 68.4 Å². The zero-order chi connectivity index (χ0) is 13.7. The first-order valence-electron chi connectivity index (χ1n) is 7.23. The van der Waals surface area contributed by atoms with Crippen molar-refractivity contribution in [3.8, 4) is 0 Å². The molecule has 100 valence electrons. The predicted molar refractivity (Wildman–Crippen MR) is 82.4 cm³/mol. The maximum atomic E-state index is 6.18. The van der Waals surface area contributed by atoms with Gasteiger partial charge in [-0.3, -0.25) is 0 Å². The Kier molecular flexibility index (Phi) is 4.75. The molecule has 0 bridgehead atoms. The van der Waals surface area contributed by atoms with Gasteiger partial charge in [-0.15, -0.1) is 0 Å². The van der Waals surface area contributed by atoms with Crippen LogP contribution in [0, 0.1) is 0 Å². The fourth-order valence-electron chi connectivity index (χ4n) is 2.86. The van der Waals surface area contributed by atoms with Crippen molar-refractivity contribution >= 4 is 0 Å². The van der Waals surface area contributed by atoms with E-state index < -0.39 is 0 Å². The topological polar surface area (TPSA) is 26.0 Å². The van der Waals surface area contributed by atoms with Crippen molar-refractivity contribution in [2.75, 3.05) is 0 Å². The highest BCUT2D eigenvalue weighted by Crippen LogP contribution is 2.35. The Morgan fingerprint density at radius 2 is 1.53 bits per heavy atom. The van der Waals surface area contributed by atoms with Gasteiger partial charge in [0.2, 0.25) is 0 Å². The van der Waals surface area contributed by atoms with E-state index in [-0.39, 0.29) is 6.04 Å². The van der Waals surface area contributed by atoms with Gasteiger partial charge in [0.1, 0.15) is 0 Å². The molecule has 1 heteroatoms. The van der Waals surface area contributed by atoms with E-state index in [4.69, 9.17) is 5.73 Å². The van der Waals surface area contributed by atoms with E-state index in [2.05, 4.69) is 54.6 Å². The van der Waals surface area contributed by atoms with Crippen molar-refractivity contribution in [1.29, 1.82) is 0 Å². The molecular formula is C18H23N. The van der Waals surface area contributed by atoms with Crippen LogP contribution in [0.4, 0.5) is 0 Å². The molecular weight excluding hydrogens is 230 g/mol. The van der Waals surface area contributed by atoms with Gasteiger partial charge in [-0.25, -0.2) is 0 Å². The summed E-state index contributed by atoms with van der Waals surface area (Å²) in [6.45, 7) is 4.00. The van der Waals surface area contributed by atoms with E-state index in [9.17, 15) is 0 Å². The molecule has 1 aliphatic rings. The van der Waals surface area contributed by atoms with Gasteiger partial charge in [0.15, 0.2) is 0 Å². The van der Waals surface area contributed by atoms with E-state index in [1.165, 1.54) is 16.7 Å². The third-order valence-corrected chi connectivity index (χ3v) is 3.65. The van der Waals surface area contributed by atoms with Crippen LogP contribution in [0.2, 0.25) is 0 Å². The number of benzene rings is 2. The van der Waals surface area contributed by atoms with Gasteiger partial charge in [0.25, 0.3) is 0 Å². The first kappa shape index (κ1) is 13.8. The van der Waals surface area contributed by atoms with Crippen LogP contribution in [0.25, 0.3) is 0 Å². The van der Waals surface area contributed by atoms with E-state index >= 15 is 0 Å². The summed E-state index contributed by atoms with van der Waals surface area (Å²) >= 11 is 0. The molecule has 0 saturated heterocycles. The largest absolute Gasteiger partial charge is 0.327 e. The number of hydrogen-bond acceptors (Lipinski definition) is 1. The van der Waals surface area contributed by atoms with Crippen LogP contribution in [0.1, 0.15) is 42.9 Å². The summed E-state index contributed by atoms with van der Waals surface area (Å²) in [5.74, 6) is 0.469. The highest BCUT2D eigenvalue weighted by atomic mass is 14.6. The van der Waals surface area contributed by atoms with Crippen LogP contribution in [0.3, 0.4) is 0 Å². The average molecular weight is 253 g/mol. The minimum atomic E-state index is 0.287. The second-order valence-corrected chi connectivity index (χ2v) is 4.86. The quantitative estimate of drug-likeness (QED) is 0.813. The van der Waals surface area contributed by atoms with Gasteiger partial charge in [-0.2, -0.15) is 0 Å². The Morgan fingerprint density at radius 3 is 2.26 bits per heavy atom. The lowest BCUT2D eigenvalue weighted by molar-refractivity contribution is 0.531. The van der Waals surface area contributed by atoms with E-state index in [0.717, 1.165) is 12.8 Å². The standard InChI is InChI=1S/C16H17N.C2H6/c17-14-10-13-8-4-5-9-15(13)16(11-14)12-6-2-1-3-7-12;1-2/h1-9,14,16H,10-11,17H2;1-2H3. The Labute approximate surface area is 116 Å². The van der Waals surface area contributed by atoms with Crippen molar-refractivity contribution in [1.82, 2.24) is 0 Å². The summed E-state index contributed by atoms with van der Waals surface area (Å²) < 4.78 is 0. The fourth-order valence-corrected chi connectivity index (χ4v) is 2.86. The number of fused-ring (bicyclic) bond motifs is 1. The second-order valence-electron chi connectivity index (χ2n) is 4.86. The molecule has 2 aromatic carbocycles. The molecule has 0 amide bonds. The average Bonchev–Trinajstić information content (AvgIpc) is 2.49. The fraction of sp³-hybridized carbons (Fsp3) is 0.333. The first-order chi connectivity index (χ1) is 9.34. The van der Waals surface area contributed by atoms with Crippen molar-refractivity contribution in [2.24, 2.45) is 5.73 Å². The first-order valence-corrected chi connectivity index (χ1v) is 7.23. The van der Waals surface area contributed by atoms with Crippen LogP contribution in [-0.4, -0.2) is 6.04 Å². The summed E-state index contributed by atoms with van der Waals surface area (Å²) in [4.78, 5) is 0. The smallest absolute Gasteiger partial charge is 0.0107 e. The third kappa shape index (κ3) is 3.05. The van der Waals surface area contributed by atoms with E-state index in [1.807, 2.05) is 13.8 Å². The third-order valence-electron chi connectivity index (χ3n) is 3.65. The van der Waals surface area contributed by atoms with Crippen LogP contribution in [0.15, 0.2) is 54.6 Å². The van der Waals surface area contributed by atoms with Crippen LogP contribution in [0.5, 0.6) is 0 Å². The molecule has 2 atom stereocenters. The molecule has 0 heterocycles. The summed E-state index contributed by atoms with van der Waals surface area (Å²) in [6, 6.07) is 19.7. The zero-order valence-electron chi connectivity index (χ0n) is 11.8. The second kappa shape index (κ2) is 6.53. The molecule has 2 unspecified atom stereocenters. The van der Waals surface area contributed by atoms with Crippen LogP contribution < -0.4 is 5.73 Å². The highest BCUT2D eigenvalue weighted by molar-refractivity contribution is 5.40. The maximum Gasteiger partial charge on any atom is 0.0107 e. The van der Waals surface area contributed by atoms with Crippen molar-refractivity contribution in [3.05, 3.63) is 71.3 Å². The number of rotatable bonds is 1. The molecule has 0 saturated carbocycles. The number of nitrogens with two attached hydrogens (primary N) is 1. The molecule has 1 aliphatic carbocycles. The molecule has 0 spiro atoms. The van der Waals surface area contributed by atoms with Gasteiger partial charge < -0.3 is 5.73 Å². The minimum Gasteiger partial charge on any atom is -0.327 e. The molecule has 2 N–H and O–H groups in total. The minimum absolute atomic E-state index is 0.287. The zero-order valence-corrected chi connectivity index (χ0v) is 11.8. The molecule has 0 fully saturated rings. The number of hydrogen-bond donors (Lipinski definition) is 1. The van der Waals surface area contributed by atoms with Crippen LogP contribution in [-0.2, 0) is 6.42 Å². The van der Waals surface area contributed by atoms with Gasteiger partial charge in [0, 0.05) is 12.0 Å². The predicted octanol–water partition coefficient (Wildman–Crippen LogP) is 4.12. The SMILES string of the molecule is CC.NC1Cc2ccccc2C(c2ccccc2)C1. The summed E-state index contributed by atoms with van der Waals surface area (Å²) in [5, 5.41) is 0. The Bertz CT molecular complexity index is 504. The molecule has 0 aliphatic heterocycles. The lowest BCUT2D eigenvalue weighted by Crippen LogP contribution is -2.30. The van der Waals surface area contributed by atoms with Crippen LogP contribution >= 0.6 is 0 Å². The lowest BCUT2D eigenvalue weighted by Gasteiger charge is -2.30.